The molecule has 0 spiro atoms. The Balaban J connectivity index is 1.73. The Labute approximate surface area is 189 Å². The normalized spacial score (nSPS) is 12.8. The van der Waals surface area contributed by atoms with E-state index in [4.69, 9.17) is 11.1 Å². The van der Waals surface area contributed by atoms with Crippen molar-refractivity contribution in [1.82, 2.24) is 14.7 Å². The first-order valence-corrected chi connectivity index (χ1v) is 9.37. The maximum atomic E-state index is 13.5. The lowest BCUT2D eigenvalue weighted by Crippen LogP contribution is -2.11. The summed E-state index contributed by atoms with van der Waals surface area (Å²) in [6.45, 7) is 6.65. The molecule has 0 bridgehead atoms. The minimum Gasteiger partial charge on any atom is -0.340 e. The van der Waals surface area contributed by atoms with Crippen molar-refractivity contribution in [2.24, 2.45) is 0 Å². The summed E-state index contributed by atoms with van der Waals surface area (Å²) >= 11 is 0. The van der Waals surface area contributed by atoms with Crippen molar-refractivity contribution in [3.63, 3.8) is 0 Å². The van der Waals surface area contributed by atoms with Crippen molar-refractivity contribution in [3.8, 4) is 11.5 Å². The Morgan fingerprint density at radius 1 is 0.857 bits per heavy atom. The smallest absolute Gasteiger partial charge is 0.340 e. The zero-order valence-corrected chi connectivity index (χ0v) is 16.8. The molecule has 0 aliphatic heterocycles. The van der Waals surface area contributed by atoms with Crippen LogP contribution in [0.3, 0.4) is 0 Å². The lowest BCUT2D eigenvalue weighted by molar-refractivity contribution is -0.143. The third kappa shape index (κ3) is 4.66. The van der Waals surface area contributed by atoms with Gasteiger partial charge in [-0.25, -0.2) is 4.85 Å². The Kier molecular flexibility index (Phi) is 5.54. The molecule has 182 valence electrons. The van der Waals surface area contributed by atoms with Crippen LogP contribution in [0.5, 0.6) is 0 Å². The van der Waals surface area contributed by atoms with Crippen LogP contribution in [-0.4, -0.2) is 14.7 Å². The molecule has 0 atom stereocenters. The van der Waals surface area contributed by atoms with Crippen LogP contribution in [0.15, 0.2) is 47.1 Å². The summed E-state index contributed by atoms with van der Waals surface area (Å²) in [7, 11) is 0. The van der Waals surface area contributed by atoms with Gasteiger partial charge in [-0.1, -0.05) is 11.2 Å². The summed E-state index contributed by atoms with van der Waals surface area (Å²) in [5.74, 6) is -0.856. The maximum absolute atomic E-state index is 13.5. The Hall–Kier alpha value is -4.02. The molecule has 0 aliphatic rings. The monoisotopic (exact) mass is 504 g/mol. The van der Waals surface area contributed by atoms with Crippen LogP contribution in [0.1, 0.15) is 22.5 Å². The van der Waals surface area contributed by atoms with Crippen molar-refractivity contribution >= 4 is 16.6 Å². The highest BCUT2D eigenvalue weighted by Gasteiger charge is 2.38. The van der Waals surface area contributed by atoms with Crippen molar-refractivity contribution in [1.29, 1.82) is 0 Å². The molecule has 2 aromatic carbocycles. The second kappa shape index (κ2) is 8.03. The SMILES string of the molecule is [C-]#[N+]c1ccc2c(ccn2Cc2noc(-c3cc(C(F)(F)F)cc(C(F)(F)F)c3)n2)c1C(F)(F)F. The second-order valence-electron chi connectivity index (χ2n) is 7.26. The van der Waals surface area contributed by atoms with Crippen LogP contribution in [0.2, 0.25) is 0 Å². The summed E-state index contributed by atoms with van der Waals surface area (Å²) in [6.07, 6.45) is -13.7. The molecule has 0 saturated heterocycles. The van der Waals surface area contributed by atoms with Crippen LogP contribution in [-0.2, 0) is 25.1 Å². The molecule has 0 N–H and O–H groups in total. The predicted molar refractivity (Wildman–Crippen MR) is 102 cm³/mol. The van der Waals surface area contributed by atoms with E-state index in [2.05, 4.69) is 15.0 Å². The molecule has 0 fully saturated rings. The lowest BCUT2D eigenvalue weighted by Gasteiger charge is -2.12. The molecule has 0 aliphatic carbocycles. The Morgan fingerprint density at radius 2 is 1.49 bits per heavy atom. The van der Waals surface area contributed by atoms with Crippen LogP contribution in [0, 0.1) is 6.57 Å². The van der Waals surface area contributed by atoms with E-state index in [1.54, 1.807) is 0 Å². The fourth-order valence-electron chi connectivity index (χ4n) is 3.46. The van der Waals surface area contributed by atoms with Crippen molar-refractivity contribution < 1.29 is 44.0 Å². The van der Waals surface area contributed by atoms with E-state index in [0.717, 1.165) is 12.1 Å². The van der Waals surface area contributed by atoms with Crippen LogP contribution >= 0.6 is 0 Å². The number of benzene rings is 2. The molecule has 14 heteroatoms. The van der Waals surface area contributed by atoms with E-state index in [-0.39, 0.29) is 29.3 Å². The van der Waals surface area contributed by atoms with Gasteiger partial charge in [-0.05, 0) is 30.3 Å². The number of hydrogen-bond acceptors (Lipinski definition) is 3. The van der Waals surface area contributed by atoms with Gasteiger partial charge in [0.1, 0.15) is 0 Å². The number of halogens is 9. The number of fused-ring (bicyclic) bond motifs is 1. The first kappa shape index (κ1) is 24.1. The molecule has 4 rings (SSSR count). The van der Waals surface area contributed by atoms with Gasteiger partial charge in [0, 0.05) is 22.7 Å². The average Bonchev–Trinajstić information content (AvgIpc) is 3.38. The van der Waals surface area contributed by atoms with Gasteiger partial charge in [0.05, 0.1) is 29.8 Å². The zero-order valence-electron chi connectivity index (χ0n) is 16.8. The molecule has 0 unspecified atom stereocenters. The van der Waals surface area contributed by atoms with Gasteiger partial charge in [0.15, 0.2) is 11.5 Å². The van der Waals surface area contributed by atoms with Crippen LogP contribution < -0.4 is 0 Å². The topological polar surface area (TPSA) is 48.2 Å². The van der Waals surface area contributed by atoms with E-state index in [0.29, 0.717) is 12.1 Å². The Morgan fingerprint density at radius 3 is 2.03 bits per heavy atom. The molecule has 2 aromatic heterocycles. The van der Waals surface area contributed by atoms with Crippen molar-refractivity contribution in [3.05, 3.63) is 76.5 Å². The number of alkyl halides is 9. The molecule has 35 heavy (non-hydrogen) atoms. The van der Waals surface area contributed by atoms with E-state index < -0.39 is 52.4 Å². The number of rotatable bonds is 3. The van der Waals surface area contributed by atoms with Gasteiger partial charge in [-0.15, -0.1) is 0 Å². The molecule has 0 amide bonds. The summed E-state index contributed by atoms with van der Waals surface area (Å²) in [5.41, 5.74) is -5.47. The zero-order chi connectivity index (χ0) is 25.8. The highest BCUT2D eigenvalue weighted by molar-refractivity contribution is 5.89. The highest BCUT2D eigenvalue weighted by atomic mass is 19.4. The lowest BCUT2D eigenvalue weighted by atomic mass is 10.0. The van der Waals surface area contributed by atoms with Gasteiger partial charge in [-0.2, -0.15) is 44.5 Å². The van der Waals surface area contributed by atoms with Gasteiger partial charge in [-0.3, -0.25) is 0 Å². The van der Waals surface area contributed by atoms with Crippen molar-refractivity contribution in [2.75, 3.05) is 0 Å². The molecular weight excluding hydrogens is 495 g/mol. The first-order chi connectivity index (χ1) is 16.2. The quantitative estimate of drug-likeness (QED) is 0.217. The van der Waals surface area contributed by atoms with E-state index in [1.165, 1.54) is 16.8 Å². The summed E-state index contributed by atoms with van der Waals surface area (Å²) in [4.78, 5) is 6.70. The van der Waals surface area contributed by atoms with E-state index >= 15 is 0 Å². The summed E-state index contributed by atoms with van der Waals surface area (Å²) in [6, 6.07) is 4.15. The fourth-order valence-corrected chi connectivity index (χ4v) is 3.46. The summed E-state index contributed by atoms with van der Waals surface area (Å²) in [5, 5.41) is 3.25. The molecule has 0 saturated carbocycles. The minimum atomic E-state index is -5.08. The molecule has 0 radical (unpaired) electrons. The number of nitrogens with zero attached hydrogens (tertiary/aromatic N) is 4. The minimum absolute atomic E-state index is 0.0505. The summed E-state index contributed by atoms with van der Waals surface area (Å²) < 4.78 is 125. The average molecular weight is 504 g/mol. The van der Waals surface area contributed by atoms with Crippen LogP contribution in [0.25, 0.3) is 27.2 Å². The van der Waals surface area contributed by atoms with E-state index in [1.807, 2.05) is 0 Å². The van der Waals surface area contributed by atoms with Gasteiger partial charge in [0.2, 0.25) is 0 Å². The van der Waals surface area contributed by atoms with Gasteiger partial charge < -0.3 is 9.09 Å². The first-order valence-electron chi connectivity index (χ1n) is 9.37. The predicted octanol–water partition coefficient (Wildman–Crippen LogP) is 7.35. The number of aromatic nitrogens is 3. The third-order valence-corrected chi connectivity index (χ3v) is 4.95. The van der Waals surface area contributed by atoms with Gasteiger partial charge in [0.25, 0.3) is 5.89 Å². The Bertz CT molecular complexity index is 1420. The van der Waals surface area contributed by atoms with Crippen LogP contribution in [0.4, 0.5) is 45.2 Å². The van der Waals surface area contributed by atoms with Gasteiger partial charge >= 0.3 is 18.5 Å². The number of hydrogen-bond donors (Lipinski definition) is 0. The van der Waals surface area contributed by atoms with E-state index in [9.17, 15) is 39.5 Å². The fraction of sp³-hybridized carbons (Fsp3) is 0.190. The largest absolute Gasteiger partial charge is 0.416 e. The maximum Gasteiger partial charge on any atom is 0.416 e. The molecule has 2 heterocycles. The molecule has 5 nitrogen and oxygen atoms in total. The standard InChI is InChI=1S/C21H9F9N4O/c1-31-14-2-3-15-13(17(14)21(28,29)30)4-5-34(15)9-16-32-18(35-33-16)10-6-11(19(22,23)24)8-12(7-10)20(25,26)27/h2-8H,9H2. The molecular formula is C21H9F9N4O. The highest BCUT2D eigenvalue weighted by Crippen LogP contribution is 2.42. The van der Waals surface area contributed by atoms with Crippen molar-refractivity contribution in [2.45, 2.75) is 25.1 Å². The third-order valence-electron chi connectivity index (χ3n) is 4.95. The molecule has 4 aromatic rings. The second-order valence-corrected chi connectivity index (χ2v) is 7.26.